The molecule has 0 radical (unpaired) electrons. The maximum Gasteiger partial charge on any atom is 0.217 e. The summed E-state index contributed by atoms with van der Waals surface area (Å²) in [4.78, 5) is 9.70. The number of aliphatic imine (C=N–C) groups is 1. The van der Waals surface area contributed by atoms with Crippen molar-refractivity contribution in [1.29, 1.82) is 0 Å². The molecule has 1 N–H and O–H groups in total. The van der Waals surface area contributed by atoms with E-state index in [2.05, 4.69) is 49.2 Å². The molecule has 0 unspecified atom stereocenters. The molecular formula is C29H25N2O2PtS-. The van der Waals surface area contributed by atoms with Crippen LogP contribution in [0.15, 0.2) is 77.8 Å². The summed E-state index contributed by atoms with van der Waals surface area (Å²) in [5, 5.41) is 12.4. The summed E-state index contributed by atoms with van der Waals surface area (Å²) in [6, 6.07) is 27.2. The van der Waals surface area contributed by atoms with Gasteiger partial charge in [-0.15, -0.1) is 23.8 Å². The van der Waals surface area contributed by atoms with E-state index < -0.39 is 0 Å². The van der Waals surface area contributed by atoms with Crippen molar-refractivity contribution >= 4 is 27.7 Å². The van der Waals surface area contributed by atoms with Gasteiger partial charge in [-0.1, -0.05) is 56.3 Å². The number of aryl methyl sites for hydroxylation is 1. The van der Waals surface area contributed by atoms with Gasteiger partial charge in [-0.2, -0.15) is 11.8 Å². The first kappa shape index (κ1) is 24.1. The van der Waals surface area contributed by atoms with Gasteiger partial charge in [0.25, 0.3) is 0 Å². The first-order chi connectivity index (χ1) is 16.5. The molecule has 35 heavy (non-hydrogen) atoms. The van der Waals surface area contributed by atoms with Crippen LogP contribution in [0.5, 0.6) is 17.4 Å². The standard InChI is InChI=1S/C29H25N2O2S.Pt/c1-29(2)16-15-18-7-3-4-11-22(18)26-27(29)34-28(31-26)20-9-5-10-21(17-20)33-24-14-13-19-8-6-12-23(32)25(19)30-24;/h3-14,26-27,32H,15-16H2,1-2H3;/q-1;/t26-,27+;/m0./s1. The molecule has 2 atom stereocenters. The minimum Gasteiger partial charge on any atom is -0.506 e. The molecule has 0 amide bonds. The topological polar surface area (TPSA) is 54.7 Å². The van der Waals surface area contributed by atoms with Crippen molar-refractivity contribution in [3.05, 3.63) is 95.6 Å². The molecule has 4 nitrogen and oxygen atoms in total. The second kappa shape index (κ2) is 9.44. The van der Waals surface area contributed by atoms with Gasteiger partial charge in [-0.3, -0.25) is 0 Å². The molecule has 0 saturated heterocycles. The largest absolute Gasteiger partial charge is 0.506 e. The Hall–Kier alpha value is -2.62. The van der Waals surface area contributed by atoms with E-state index in [1.54, 1.807) is 12.1 Å². The van der Waals surface area contributed by atoms with Crippen molar-refractivity contribution in [3.8, 4) is 17.4 Å². The maximum atomic E-state index is 10.1. The van der Waals surface area contributed by atoms with Gasteiger partial charge in [-0.05, 0) is 41.5 Å². The second-order valence-electron chi connectivity index (χ2n) is 9.63. The van der Waals surface area contributed by atoms with Crippen LogP contribution in [-0.4, -0.2) is 20.4 Å². The number of benzene rings is 3. The summed E-state index contributed by atoms with van der Waals surface area (Å²) in [5.41, 5.74) is 4.40. The van der Waals surface area contributed by atoms with E-state index in [-0.39, 0.29) is 38.3 Å². The summed E-state index contributed by atoms with van der Waals surface area (Å²) >= 11 is 1.86. The maximum absolute atomic E-state index is 10.1. The summed E-state index contributed by atoms with van der Waals surface area (Å²) in [5.74, 6) is 1.14. The third-order valence-electron chi connectivity index (χ3n) is 6.85. The molecule has 0 bridgehead atoms. The predicted octanol–water partition coefficient (Wildman–Crippen LogP) is 7.11. The predicted molar refractivity (Wildman–Crippen MR) is 138 cm³/mol. The fourth-order valence-electron chi connectivity index (χ4n) is 4.93. The number of hydrogen-bond acceptors (Lipinski definition) is 5. The van der Waals surface area contributed by atoms with Crippen LogP contribution >= 0.6 is 11.8 Å². The van der Waals surface area contributed by atoms with Crippen LogP contribution in [-0.2, 0) is 27.5 Å². The van der Waals surface area contributed by atoms with Crippen molar-refractivity contribution < 1.29 is 30.9 Å². The second-order valence-corrected chi connectivity index (χ2v) is 10.8. The number of hydrogen-bond donors (Lipinski definition) is 1. The van der Waals surface area contributed by atoms with Gasteiger partial charge < -0.3 is 14.8 Å². The molecule has 3 aromatic carbocycles. The van der Waals surface area contributed by atoms with Gasteiger partial charge >= 0.3 is 0 Å². The SMILES string of the molecule is CC1(C)CCc2ccccc2[C@@H]2N=C(c3[c-]c(Oc4ccc5cccc(O)c5n4)ccc3)S[C@H]21.[Pt]. The van der Waals surface area contributed by atoms with Crippen LogP contribution < -0.4 is 4.74 Å². The Balaban J connectivity index is 0.00000253. The molecule has 0 saturated carbocycles. The minimum absolute atomic E-state index is 0. The number of thioether (sulfide) groups is 1. The van der Waals surface area contributed by atoms with Crippen molar-refractivity contribution in [2.24, 2.45) is 10.4 Å². The molecule has 4 aromatic rings. The summed E-state index contributed by atoms with van der Waals surface area (Å²) in [7, 11) is 0. The number of nitrogens with zero attached hydrogens (tertiary/aromatic N) is 2. The van der Waals surface area contributed by atoms with Crippen molar-refractivity contribution in [1.82, 2.24) is 4.98 Å². The van der Waals surface area contributed by atoms with Gasteiger partial charge in [0.15, 0.2) is 0 Å². The van der Waals surface area contributed by atoms with Gasteiger partial charge in [0.1, 0.15) is 11.3 Å². The van der Waals surface area contributed by atoms with Crippen LogP contribution in [0.2, 0.25) is 0 Å². The number of fused-ring (bicyclic) bond motifs is 4. The number of phenolic OH excluding ortho intramolecular Hbond substituents is 1. The minimum atomic E-state index is 0. The normalized spacial score (nSPS) is 20.2. The first-order valence-electron chi connectivity index (χ1n) is 11.6. The van der Waals surface area contributed by atoms with E-state index in [1.165, 1.54) is 11.1 Å². The number of rotatable bonds is 3. The molecule has 2 heterocycles. The van der Waals surface area contributed by atoms with E-state index >= 15 is 0 Å². The van der Waals surface area contributed by atoms with Crippen molar-refractivity contribution in [2.75, 3.05) is 0 Å². The molecule has 1 aliphatic heterocycles. The first-order valence-corrected chi connectivity index (χ1v) is 12.5. The molecule has 0 fully saturated rings. The number of aromatic hydroxyl groups is 1. The summed E-state index contributed by atoms with van der Waals surface area (Å²) in [6.07, 6.45) is 2.25. The van der Waals surface area contributed by atoms with Crippen molar-refractivity contribution in [3.63, 3.8) is 0 Å². The zero-order valence-corrected chi connectivity index (χ0v) is 22.6. The van der Waals surface area contributed by atoms with Crippen LogP contribution in [0.3, 0.4) is 0 Å². The Kier molecular flexibility index (Phi) is 6.50. The fourth-order valence-corrected chi connectivity index (χ4v) is 6.36. The Morgan fingerprint density at radius 2 is 1.83 bits per heavy atom. The Labute approximate surface area is 224 Å². The molecule has 2 aliphatic rings. The molecule has 6 rings (SSSR count). The molecule has 0 spiro atoms. The van der Waals surface area contributed by atoms with Gasteiger partial charge in [0, 0.05) is 48.6 Å². The molecular weight excluding hydrogens is 635 g/mol. The third-order valence-corrected chi connectivity index (χ3v) is 8.55. The number of phenols is 1. The Morgan fingerprint density at radius 1 is 1.00 bits per heavy atom. The monoisotopic (exact) mass is 660 g/mol. The van der Waals surface area contributed by atoms with Crippen LogP contribution in [0, 0.1) is 11.5 Å². The van der Waals surface area contributed by atoms with E-state index in [0.717, 1.165) is 28.8 Å². The van der Waals surface area contributed by atoms with Gasteiger partial charge in [0.05, 0.1) is 6.04 Å². The number of pyridine rings is 1. The summed E-state index contributed by atoms with van der Waals surface area (Å²) in [6.45, 7) is 4.73. The smallest absolute Gasteiger partial charge is 0.217 e. The fraction of sp³-hybridized carbons (Fsp3) is 0.241. The number of ether oxygens (including phenoxy) is 1. The average molecular weight is 661 g/mol. The van der Waals surface area contributed by atoms with E-state index in [4.69, 9.17) is 9.73 Å². The molecule has 180 valence electrons. The van der Waals surface area contributed by atoms with Crippen LogP contribution in [0.4, 0.5) is 0 Å². The third kappa shape index (κ3) is 4.52. The summed E-state index contributed by atoms with van der Waals surface area (Å²) < 4.78 is 6.04. The van der Waals surface area contributed by atoms with Crippen molar-refractivity contribution in [2.45, 2.75) is 38.0 Å². The van der Waals surface area contributed by atoms with Crippen LogP contribution in [0.1, 0.15) is 43.0 Å². The zero-order valence-electron chi connectivity index (χ0n) is 19.5. The van der Waals surface area contributed by atoms with Crippen LogP contribution in [0.25, 0.3) is 10.9 Å². The zero-order chi connectivity index (χ0) is 23.3. The quantitative estimate of drug-likeness (QED) is 0.238. The Morgan fingerprint density at radius 3 is 2.71 bits per heavy atom. The number of para-hydroxylation sites is 1. The van der Waals surface area contributed by atoms with E-state index in [9.17, 15) is 5.11 Å². The molecule has 6 heteroatoms. The molecule has 1 aromatic heterocycles. The average Bonchev–Trinajstić information content (AvgIpc) is 3.27. The Bertz CT molecular complexity index is 1440. The number of aromatic nitrogens is 1. The van der Waals surface area contributed by atoms with E-state index in [0.29, 0.717) is 22.4 Å². The van der Waals surface area contributed by atoms with E-state index in [1.807, 2.05) is 48.2 Å². The van der Waals surface area contributed by atoms with Gasteiger partial charge in [-0.25, -0.2) is 4.98 Å². The van der Waals surface area contributed by atoms with Gasteiger partial charge in [0.2, 0.25) is 5.88 Å². The molecule has 1 aliphatic carbocycles.